The van der Waals surface area contributed by atoms with Gasteiger partial charge in [0.15, 0.2) is 0 Å². The molecule has 0 aliphatic heterocycles. The summed E-state index contributed by atoms with van der Waals surface area (Å²) in [5.41, 5.74) is 0.906. The summed E-state index contributed by atoms with van der Waals surface area (Å²) in [7, 11) is 0. The molecule has 5 nitrogen and oxygen atoms in total. The Balaban J connectivity index is 2.59. The molecule has 0 unspecified atom stereocenters. The summed E-state index contributed by atoms with van der Waals surface area (Å²) >= 11 is 0. The van der Waals surface area contributed by atoms with Crippen molar-refractivity contribution in [3.8, 4) is 5.75 Å². The van der Waals surface area contributed by atoms with Gasteiger partial charge in [0.1, 0.15) is 5.75 Å². The fourth-order valence-electron chi connectivity index (χ4n) is 2.09. The zero-order valence-electron chi connectivity index (χ0n) is 13.9. The van der Waals surface area contributed by atoms with Crippen LogP contribution in [0.5, 0.6) is 5.75 Å². The maximum atomic E-state index is 12.4. The van der Waals surface area contributed by atoms with Gasteiger partial charge in [0.2, 0.25) is 5.91 Å². The van der Waals surface area contributed by atoms with Crippen LogP contribution in [0.3, 0.4) is 0 Å². The lowest BCUT2D eigenvalue weighted by Gasteiger charge is -2.20. The first-order valence-corrected chi connectivity index (χ1v) is 7.86. The number of hydrogen-bond acceptors (Lipinski definition) is 4. The molecule has 0 radical (unpaired) electrons. The predicted octanol–water partition coefficient (Wildman–Crippen LogP) is 2.60. The van der Waals surface area contributed by atoms with E-state index in [-0.39, 0.29) is 24.7 Å². The molecule has 0 aliphatic rings. The molecule has 1 amide bonds. The third kappa shape index (κ3) is 7.00. The molecule has 0 aliphatic carbocycles. The van der Waals surface area contributed by atoms with Crippen LogP contribution in [0.4, 0.5) is 0 Å². The number of nitrogens with zero attached hydrogens (tertiary/aromatic N) is 1. The molecule has 1 aromatic carbocycles. The summed E-state index contributed by atoms with van der Waals surface area (Å²) in [6.45, 7) is 9.05. The molecule has 0 bridgehead atoms. The number of ether oxygens (including phenoxy) is 2. The Morgan fingerprint density at radius 2 is 1.87 bits per heavy atom. The average Bonchev–Trinajstić information content (AvgIpc) is 2.53. The highest BCUT2D eigenvalue weighted by molar-refractivity contribution is 5.79. The largest absolute Gasteiger partial charge is 0.494 e. The summed E-state index contributed by atoms with van der Waals surface area (Å²) in [6, 6.07) is 7.45. The van der Waals surface area contributed by atoms with E-state index in [1.54, 1.807) is 17.9 Å². The Morgan fingerprint density at radius 1 is 1.17 bits per heavy atom. The second-order valence-corrected chi connectivity index (χ2v) is 4.94. The van der Waals surface area contributed by atoms with Crippen molar-refractivity contribution < 1.29 is 19.1 Å². The van der Waals surface area contributed by atoms with Crippen molar-refractivity contribution in [2.24, 2.45) is 0 Å². The van der Waals surface area contributed by atoms with Crippen LogP contribution >= 0.6 is 0 Å². The molecule has 0 spiro atoms. The number of hydrogen-bond donors (Lipinski definition) is 0. The lowest BCUT2D eigenvalue weighted by molar-refractivity contribution is -0.144. The first-order chi connectivity index (χ1) is 11.1. The molecule has 1 rings (SSSR count). The third-order valence-corrected chi connectivity index (χ3v) is 3.18. The number of rotatable bonds is 10. The van der Waals surface area contributed by atoms with Gasteiger partial charge in [0.25, 0.3) is 0 Å². The van der Waals surface area contributed by atoms with Crippen molar-refractivity contribution in [3.63, 3.8) is 0 Å². The van der Waals surface area contributed by atoms with Gasteiger partial charge >= 0.3 is 5.97 Å². The van der Waals surface area contributed by atoms with Gasteiger partial charge < -0.3 is 14.4 Å². The first-order valence-electron chi connectivity index (χ1n) is 7.86. The minimum atomic E-state index is -0.296. The fourth-order valence-corrected chi connectivity index (χ4v) is 2.09. The van der Waals surface area contributed by atoms with E-state index in [1.807, 2.05) is 31.2 Å². The van der Waals surface area contributed by atoms with Gasteiger partial charge in [-0.3, -0.25) is 9.59 Å². The summed E-state index contributed by atoms with van der Waals surface area (Å²) in [5.74, 6) is 0.447. The average molecular weight is 319 g/mol. The minimum Gasteiger partial charge on any atom is -0.494 e. The van der Waals surface area contributed by atoms with E-state index < -0.39 is 0 Å². The Morgan fingerprint density at radius 3 is 2.43 bits per heavy atom. The van der Waals surface area contributed by atoms with Crippen LogP contribution in [-0.4, -0.2) is 43.1 Å². The van der Waals surface area contributed by atoms with Crippen molar-refractivity contribution in [1.29, 1.82) is 0 Å². The highest BCUT2D eigenvalue weighted by Gasteiger charge is 2.15. The Labute approximate surface area is 137 Å². The molecular weight excluding hydrogens is 294 g/mol. The van der Waals surface area contributed by atoms with Crippen molar-refractivity contribution >= 4 is 11.9 Å². The van der Waals surface area contributed by atoms with Gasteiger partial charge in [-0.25, -0.2) is 0 Å². The minimum absolute atomic E-state index is 0.0432. The summed E-state index contributed by atoms with van der Waals surface area (Å²) in [4.78, 5) is 25.4. The maximum Gasteiger partial charge on any atom is 0.307 e. The lowest BCUT2D eigenvalue weighted by atomic mass is 10.1. The van der Waals surface area contributed by atoms with E-state index in [0.29, 0.717) is 26.3 Å². The molecule has 0 saturated heterocycles. The SMILES string of the molecule is C=CCN(CCC(=O)OCC)C(=O)Cc1ccc(OCC)cc1. The highest BCUT2D eigenvalue weighted by atomic mass is 16.5. The predicted molar refractivity (Wildman–Crippen MR) is 89.3 cm³/mol. The van der Waals surface area contributed by atoms with E-state index in [2.05, 4.69) is 6.58 Å². The summed E-state index contributed by atoms with van der Waals surface area (Å²) in [5, 5.41) is 0. The molecule has 1 aromatic rings. The van der Waals surface area contributed by atoms with E-state index in [4.69, 9.17) is 9.47 Å². The van der Waals surface area contributed by atoms with Crippen LogP contribution < -0.4 is 4.74 Å². The Hall–Kier alpha value is -2.30. The summed E-state index contributed by atoms with van der Waals surface area (Å²) in [6.07, 6.45) is 2.13. The third-order valence-electron chi connectivity index (χ3n) is 3.18. The Bertz CT molecular complexity index is 510. The Kier molecular flexibility index (Phi) is 8.50. The molecule has 0 heterocycles. The number of benzene rings is 1. The van der Waals surface area contributed by atoms with Crippen molar-refractivity contribution in [3.05, 3.63) is 42.5 Å². The highest BCUT2D eigenvalue weighted by Crippen LogP contribution is 2.13. The second kappa shape index (κ2) is 10.4. The van der Waals surface area contributed by atoms with Crippen LogP contribution in [0.15, 0.2) is 36.9 Å². The zero-order chi connectivity index (χ0) is 17.1. The molecular formula is C18H25NO4. The van der Waals surface area contributed by atoms with Gasteiger partial charge in [-0.05, 0) is 31.5 Å². The van der Waals surface area contributed by atoms with Crippen molar-refractivity contribution in [1.82, 2.24) is 4.90 Å². The first kappa shape index (κ1) is 18.7. The van der Waals surface area contributed by atoms with Crippen LogP contribution in [0, 0.1) is 0 Å². The molecule has 0 N–H and O–H groups in total. The smallest absolute Gasteiger partial charge is 0.307 e. The van der Waals surface area contributed by atoms with E-state index in [0.717, 1.165) is 11.3 Å². The monoisotopic (exact) mass is 319 g/mol. The number of amides is 1. The van der Waals surface area contributed by atoms with Crippen LogP contribution in [0.2, 0.25) is 0 Å². The van der Waals surface area contributed by atoms with Gasteiger partial charge in [-0.2, -0.15) is 0 Å². The lowest BCUT2D eigenvalue weighted by Crippen LogP contribution is -2.34. The van der Waals surface area contributed by atoms with E-state index in [1.165, 1.54) is 0 Å². The molecule has 23 heavy (non-hydrogen) atoms. The number of esters is 1. The molecule has 0 aromatic heterocycles. The van der Waals surface area contributed by atoms with Crippen LogP contribution in [0.1, 0.15) is 25.8 Å². The van der Waals surface area contributed by atoms with Crippen LogP contribution in [-0.2, 0) is 20.7 Å². The normalized spacial score (nSPS) is 10.0. The van der Waals surface area contributed by atoms with Gasteiger partial charge in [0, 0.05) is 13.1 Å². The molecule has 0 saturated carbocycles. The van der Waals surface area contributed by atoms with Crippen LogP contribution in [0.25, 0.3) is 0 Å². The molecule has 126 valence electrons. The van der Waals surface area contributed by atoms with E-state index in [9.17, 15) is 9.59 Å². The summed E-state index contributed by atoms with van der Waals surface area (Å²) < 4.78 is 10.3. The van der Waals surface area contributed by atoms with Crippen molar-refractivity contribution in [2.75, 3.05) is 26.3 Å². The van der Waals surface area contributed by atoms with Crippen molar-refractivity contribution in [2.45, 2.75) is 26.7 Å². The molecule has 5 heteroatoms. The maximum absolute atomic E-state index is 12.4. The zero-order valence-corrected chi connectivity index (χ0v) is 13.9. The van der Waals surface area contributed by atoms with E-state index >= 15 is 0 Å². The standard InChI is InChI=1S/C18H25NO4/c1-4-12-19(13-11-18(21)23-6-3)17(20)14-15-7-9-16(10-8-15)22-5-2/h4,7-10H,1,5-6,11-14H2,2-3H3. The fraction of sp³-hybridized carbons (Fsp3) is 0.444. The topological polar surface area (TPSA) is 55.8 Å². The number of carbonyl (C=O) groups is 2. The van der Waals surface area contributed by atoms with Gasteiger partial charge in [0.05, 0.1) is 26.1 Å². The second-order valence-electron chi connectivity index (χ2n) is 4.94. The number of carbonyl (C=O) groups excluding carboxylic acids is 2. The molecule has 0 atom stereocenters. The molecule has 0 fully saturated rings. The quantitative estimate of drug-likeness (QED) is 0.491. The van der Waals surface area contributed by atoms with Gasteiger partial charge in [-0.15, -0.1) is 6.58 Å². The van der Waals surface area contributed by atoms with Gasteiger partial charge in [-0.1, -0.05) is 18.2 Å².